The van der Waals surface area contributed by atoms with E-state index in [9.17, 15) is 4.79 Å². The maximum Gasteiger partial charge on any atom is 0.277 e. The van der Waals surface area contributed by atoms with Crippen molar-refractivity contribution in [3.63, 3.8) is 0 Å². The summed E-state index contributed by atoms with van der Waals surface area (Å²) >= 11 is 7.05. The van der Waals surface area contributed by atoms with E-state index in [0.29, 0.717) is 38.8 Å². The minimum absolute atomic E-state index is 0.131. The SMILES string of the molecule is CC(C)(C)c1nc2cc(NC(=O)CSc3nnc(-c4ccc(Cl)cc4)o3)ccc2o1. The fourth-order valence-electron chi connectivity index (χ4n) is 2.63. The van der Waals surface area contributed by atoms with Crippen molar-refractivity contribution in [2.24, 2.45) is 0 Å². The van der Waals surface area contributed by atoms with Crippen LogP contribution in [0.25, 0.3) is 22.6 Å². The van der Waals surface area contributed by atoms with Gasteiger partial charge in [-0.15, -0.1) is 10.2 Å². The molecule has 154 valence electrons. The molecular weight excluding hydrogens is 424 g/mol. The summed E-state index contributed by atoms with van der Waals surface area (Å²) < 4.78 is 11.4. The summed E-state index contributed by atoms with van der Waals surface area (Å²) in [5.74, 6) is 0.974. The standard InChI is InChI=1S/C21H19ClN4O3S/c1-21(2,3)19-24-15-10-14(8-9-16(15)28-19)23-17(27)11-30-20-26-25-18(29-20)12-4-6-13(22)7-5-12/h4-10H,11H2,1-3H3,(H,23,27). The molecule has 0 radical (unpaired) electrons. The first-order chi connectivity index (χ1) is 14.3. The van der Waals surface area contributed by atoms with Crippen molar-refractivity contribution in [2.45, 2.75) is 31.4 Å². The van der Waals surface area contributed by atoms with Gasteiger partial charge in [0.05, 0.1) is 5.75 Å². The van der Waals surface area contributed by atoms with Gasteiger partial charge in [-0.2, -0.15) is 0 Å². The molecule has 0 aliphatic carbocycles. The summed E-state index contributed by atoms with van der Waals surface area (Å²) in [5, 5.41) is 11.8. The summed E-state index contributed by atoms with van der Waals surface area (Å²) in [7, 11) is 0. The highest BCUT2D eigenvalue weighted by Crippen LogP contribution is 2.28. The third kappa shape index (κ3) is 4.66. The van der Waals surface area contributed by atoms with Crippen molar-refractivity contribution in [1.82, 2.24) is 15.2 Å². The molecule has 7 nitrogen and oxygen atoms in total. The number of halogens is 1. The zero-order valence-corrected chi connectivity index (χ0v) is 18.2. The van der Waals surface area contributed by atoms with E-state index in [1.54, 1.807) is 42.5 Å². The van der Waals surface area contributed by atoms with E-state index in [0.717, 1.165) is 5.56 Å². The Balaban J connectivity index is 1.37. The fraction of sp³-hybridized carbons (Fsp3) is 0.238. The van der Waals surface area contributed by atoms with Crippen LogP contribution in [-0.2, 0) is 10.2 Å². The van der Waals surface area contributed by atoms with Gasteiger partial charge in [-0.1, -0.05) is 44.1 Å². The van der Waals surface area contributed by atoms with Crippen LogP contribution in [0.15, 0.2) is 56.5 Å². The highest BCUT2D eigenvalue weighted by atomic mass is 35.5. The van der Waals surface area contributed by atoms with Gasteiger partial charge >= 0.3 is 0 Å². The molecule has 0 unspecified atom stereocenters. The number of nitrogens with one attached hydrogen (secondary N) is 1. The van der Waals surface area contributed by atoms with Crippen LogP contribution >= 0.6 is 23.4 Å². The third-order valence-electron chi connectivity index (χ3n) is 4.14. The molecule has 2 aromatic carbocycles. The zero-order valence-electron chi connectivity index (χ0n) is 16.6. The Labute approximate surface area is 182 Å². The molecule has 0 bridgehead atoms. The summed E-state index contributed by atoms with van der Waals surface area (Å²) in [6.45, 7) is 6.11. The highest BCUT2D eigenvalue weighted by Gasteiger charge is 2.21. The molecule has 0 aliphatic rings. The number of amides is 1. The molecule has 0 aliphatic heterocycles. The Hall–Kier alpha value is -2.84. The molecule has 9 heteroatoms. The Bertz CT molecular complexity index is 1200. The number of carbonyl (C=O) groups is 1. The lowest BCUT2D eigenvalue weighted by atomic mass is 9.97. The average molecular weight is 443 g/mol. The van der Waals surface area contributed by atoms with Crippen LogP contribution in [-0.4, -0.2) is 26.8 Å². The van der Waals surface area contributed by atoms with Gasteiger partial charge in [-0.3, -0.25) is 4.79 Å². The second-order valence-corrected chi connectivity index (χ2v) is 9.03. The van der Waals surface area contributed by atoms with Crippen LogP contribution in [0.4, 0.5) is 5.69 Å². The molecule has 2 aromatic heterocycles. The molecule has 1 N–H and O–H groups in total. The number of nitrogens with zero attached hydrogens (tertiary/aromatic N) is 3. The minimum atomic E-state index is -0.190. The molecule has 1 amide bonds. The van der Waals surface area contributed by atoms with E-state index in [2.05, 4.69) is 20.5 Å². The van der Waals surface area contributed by atoms with Crippen LogP contribution < -0.4 is 5.32 Å². The summed E-state index contributed by atoms with van der Waals surface area (Å²) in [5.41, 5.74) is 2.62. The van der Waals surface area contributed by atoms with Crippen LogP contribution in [0.5, 0.6) is 0 Å². The van der Waals surface area contributed by atoms with Gasteiger partial charge < -0.3 is 14.2 Å². The predicted octanol–water partition coefficient (Wildman–Crippen LogP) is 5.56. The Kier molecular flexibility index (Phi) is 5.53. The summed E-state index contributed by atoms with van der Waals surface area (Å²) in [6.07, 6.45) is 0. The maximum absolute atomic E-state index is 12.3. The van der Waals surface area contributed by atoms with E-state index in [1.165, 1.54) is 11.8 Å². The van der Waals surface area contributed by atoms with Crippen LogP contribution in [0.2, 0.25) is 5.02 Å². The van der Waals surface area contributed by atoms with E-state index in [1.807, 2.05) is 20.8 Å². The molecule has 0 atom stereocenters. The van der Waals surface area contributed by atoms with Gasteiger partial charge in [0.15, 0.2) is 5.58 Å². The van der Waals surface area contributed by atoms with E-state index >= 15 is 0 Å². The summed E-state index contributed by atoms with van der Waals surface area (Å²) in [6, 6.07) is 12.5. The Morgan fingerprint density at radius 3 is 2.60 bits per heavy atom. The molecule has 30 heavy (non-hydrogen) atoms. The number of oxazole rings is 1. The number of anilines is 1. The lowest BCUT2D eigenvalue weighted by Gasteiger charge is -2.11. The predicted molar refractivity (Wildman–Crippen MR) is 117 cm³/mol. The number of benzene rings is 2. The Morgan fingerprint density at radius 1 is 1.10 bits per heavy atom. The van der Waals surface area contributed by atoms with E-state index in [-0.39, 0.29) is 17.1 Å². The quantitative estimate of drug-likeness (QED) is 0.404. The van der Waals surface area contributed by atoms with Gasteiger partial charge in [0.1, 0.15) is 5.52 Å². The van der Waals surface area contributed by atoms with Crippen molar-refractivity contribution < 1.29 is 13.6 Å². The molecule has 4 aromatic rings. The van der Waals surface area contributed by atoms with Gasteiger partial charge in [-0.05, 0) is 42.5 Å². The molecule has 4 rings (SSSR count). The summed E-state index contributed by atoms with van der Waals surface area (Å²) in [4.78, 5) is 16.8. The van der Waals surface area contributed by atoms with Gasteiger partial charge in [0, 0.05) is 21.7 Å². The van der Waals surface area contributed by atoms with E-state index in [4.69, 9.17) is 20.4 Å². The van der Waals surface area contributed by atoms with Crippen molar-refractivity contribution >= 4 is 46.1 Å². The molecule has 0 saturated carbocycles. The normalized spacial score (nSPS) is 11.7. The maximum atomic E-state index is 12.3. The second kappa shape index (κ2) is 8.12. The number of aromatic nitrogens is 3. The lowest BCUT2D eigenvalue weighted by molar-refractivity contribution is -0.113. The van der Waals surface area contributed by atoms with E-state index < -0.39 is 0 Å². The van der Waals surface area contributed by atoms with Gasteiger partial charge in [0.25, 0.3) is 5.22 Å². The first-order valence-corrected chi connectivity index (χ1v) is 10.6. The molecule has 0 saturated heterocycles. The highest BCUT2D eigenvalue weighted by molar-refractivity contribution is 7.99. The van der Waals surface area contributed by atoms with Crippen molar-refractivity contribution in [3.05, 3.63) is 53.4 Å². The van der Waals surface area contributed by atoms with Gasteiger partial charge in [-0.25, -0.2) is 4.98 Å². The van der Waals surface area contributed by atoms with Crippen LogP contribution in [0, 0.1) is 0 Å². The first kappa shape index (κ1) is 20.4. The largest absolute Gasteiger partial charge is 0.440 e. The molecular formula is C21H19ClN4O3S. The Morgan fingerprint density at radius 2 is 1.87 bits per heavy atom. The third-order valence-corrected chi connectivity index (χ3v) is 5.21. The average Bonchev–Trinajstić information content (AvgIpc) is 3.33. The van der Waals surface area contributed by atoms with Gasteiger partial charge in [0.2, 0.25) is 17.7 Å². The van der Waals surface area contributed by atoms with Crippen LogP contribution in [0.3, 0.4) is 0 Å². The first-order valence-electron chi connectivity index (χ1n) is 9.21. The number of carbonyl (C=O) groups excluding carboxylic acids is 1. The van der Waals surface area contributed by atoms with Crippen molar-refractivity contribution in [3.8, 4) is 11.5 Å². The van der Waals surface area contributed by atoms with Crippen molar-refractivity contribution in [1.29, 1.82) is 0 Å². The number of fused-ring (bicyclic) bond motifs is 1. The number of hydrogen-bond acceptors (Lipinski definition) is 7. The minimum Gasteiger partial charge on any atom is -0.440 e. The number of rotatable bonds is 5. The zero-order chi connectivity index (χ0) is 21.3. The second-order valence-electron chi connectivity index (χ2n) is 7.67. The topological polar surface area (TPSA) is 94.1 Å². The lowest BCUT2D eigenvalue weighted by Crippen LogP contribution is -2.13. The molecule has 0 fully saturated rings. The monoisotopic (exact) mass is 442 g/mol. The van der Waals surface area contributed by atoms with Crippen LogP contribution in [0.1, 0.15) is 26.7 Å². The molecule has 0 spiro atoms. The number of thioether (sulfide) groups is 1. The van der Waals surface area contributed by atoms with Crippen molar-refractivity contribution in [2.75, 3.05) is 11.1 Å². The molecule has 2 heterocycles. The number of hydrogen-bond donors (Lipinski definition) is 1. The smallest absolute Gasteiger partial charge is 0.277 e. The fourth-order valence-corrected chi connectivity index (χ4v) is 3.32.